The molecule has 0 aromatic carbocycles. The van der Waals surface area contributed by atoms with E-state index in [1.165, 1.54) is 4.90 Å². The van der Waals surface area contributed by atoms with Crippen LogP contribution in [0, 0.1) is 11.8 Å². The predicted molar refractivity (Wildman–Crippen MR) is 211 cm³/mol. The molecule has 2 aliphatic rings. The van der Waals surface area contributed by atoms with Crippen LogP contribution in [0.3, 0.4) is 0 Å². The van der Waals surface area contributed by atoms with E-state index in [1.807, 2.05) is 0 Å². The van der Waals surface area contributed by atoms with Crippen LogP contribution >= 0.6 is 0 Å². The summed E-state index contributed by atoms with van der Waals surface area (Å²) in [6.45, 7) is 6.09. The Kier molecular flexibility index (Phi) is 20.5. The molecule has 2 fully saturated rings. The molecule has 0 bridgehead atoms. The Bertz CT molecular complexity index is 1660. The van der Waals surface area contributed by atoms with Gasteiger partial charge < -0.3 is 62.5 Å². The number of amides is 7. The van der Waals surface area contributed by atoms with Crippen molar-refractivity contribution in [1.29, 1.82) is 0 Å². The molecule has 7 amide bonds. The second-order valence-electron chi connectivity index (χ2n) is 15.4. The summed E-state index contributed by atoms with van der Waals surface area (Å²) < 4.78 is 0. The van der Waals surface area contributed by atoms with E-state index in [-0.39, 0.29) is 38.8 Å². The Balaban J connectivity index is 2.19. The largest absolute Gasteiger partial charge is 0.481 e. The van der Waals surface area contributed by atoms with E-state index < -0.39 is 145 Å². The van der Waals surface area contributed by atoms with Gasteiger partial charge >= 0.3 is 23.9 Å². The molecule has 2 saturated heterocycles. The standard InChI is InChI=1S/C38H60N8O15/c1-5-19(3)30(35(57)42-23(17-29(52)53)32(54)44-31(38(60)61)20(4)6-2)43-34(56)25-10-8-16-46(25)37(59)22(12-14-28(50)51)41-26(47)18-40-33(55)24-9-7-15-45(24)36(58)21(39)11-13-27(48)49/h19-25,30-31H,5-18,39H2,1-4H3,(H,40,55)(H,41,47)(H,42,57)(H,43,56)(H,44,54)(H,48,49)(H,50,51)(H,52,53)(H,60,61)/t19-,20-,21-,22-,23-,24-,25-,30-,31-/m0/s1. The summed E-state index contributed by atoms with van der Waals surface area (Å²) in [4.78, 5) is 142. The highest BCUT2D eigenvalue weighted by molar-refractivity contribution is 5.98. The van der Waals surface area contributed by atoms with Crippen LogP contribution < -0.4 is 32.3 Å². The van der Waals surface area contributed by atoms with E-state index in [1.54, 1.807) is 27.7 Å². The van der Waals surface area contributed by atoms with Gasteiger partial charge in [0.05, 0.1) is 19.0 Å². The molecular weight excluding hydrogens is 808 g/mol. The topological polar surface area (TPSA) is 361 Å². The molecule has 2 rings (SSSR count). The van der Waals surface area contributed by atoms with Gasteiger partial charge in [0.2, 0.25) is 41.4 Å². The first-order valence-electron chi connectivity index (χ1n) is 20.4. The monoisotopic (exact) mass is 868 g/mol. The maximum atomic E-state index is 13.9. The maximum Gasteiger partial charge on any atom is 0.326 e. The molecular formula is C38H60N8O15. The van der Waals surface area contributed by atoms with Gasteiger partial charge in [-0.2, -0.15) is 0 Å². The maximum absolute atomic E-state index is 13.9. The van der Waals surface area contributed by atoms with Crippen molar-refractivity contribution < 1.29 is 73.2 Å². The van der Waals surface area contributed by atoms with E-state index in [9.17, 15) is 68.1 Å². The van der Waals surface area contributed by atoms with Crippen molar-refractivity contribution in [3.8, 4) is 0 Å². The number of hydrogen-bond donors (Lipinski definition) is 10. The molecule has 0 spiro atoms. The third kappa shape index (κ3) is 15.6. The van der Waals surface area contributed by atoms with Crippen LogP contribution in [0.5, 0.6) is 0 Å². The highest BCUT2D eigenvalue weighted by Gasteiger charge is 2.41. The zero-order valence-corrected chi connectivity index (χ0v) is 34.8. The fraction of sp³-hybridized carbons (Fsp3) is 0.711. The molecule has 2 aliphatic heterocycles. The number of rotatable bonds is 25. The van der Waals surface area contributed by atoms with Gasteiger partial charge in [-0.15, -0.1) is 0 Å². The number of carbonyl (C=O) groups excluding carboxylic acids is 7. The van der Waals surface area contributed by atoms with Gasteiger partial charge in [-0.25, -0.2) is 4.79 Å². The molecule has 23 nitrogen and oxygen atoms in total. The van der Waals surface area contributed by atoms with E-state index in [0.29, 0.717) is 25.7 Å². The Morgan fingerprint density at radius 1 is 0.623 bits per heavy atom. The first kappa shape index (κ1) is 51.3. The first-order chi connectivity index (χ1) is 28.6. The van der Waals surface area contributed by atoms with Gasteiger partial charge in [-0.3, -0.25) is 47.9 Å². The molecule has 11 N–H and O–H groups in total. The van der Waals surface area contributed by atoms with Crippen LogP contribution in [0.1, 0.15) is 98.3 Å². The van der Waals surface area contributed by atoms with E-state index in [2.05, 4.69) is 26.6 Å². The number of likely N-dealkylation sites (tertiary alicyclic amines) is 2. The van der Waals surface area contributed by atoms with Gasteiger partial charge in [-0.1, -0.05) is 40.5 Å². The van der Waals surface area contributed by atoms with Crippen LogP contribution in [-0.2, 0) is 52.7 Å². The fourth-order valence-corrected chi connectivity index (χ4v) is 7.01. The minimum Gasteiger partial charge on any atom is -0.481 e. The number of hydrogen-bond acceptors (Lipinski definition) is 12. The third-order valence-electron chi connectivity index (χ3n) is 10.9. The number of nitrogens with one attached hydrogen (secondary N) is 5. The van der Waals surface area contributed by atoms with Crippen molar-refractivity contribution in [3.63, 3.8) is 0 Å². The zero-order valence-electron chi connectivity index (χ0n) is 34.8. The number of nitrogens with zero attached hydrogens (tertiary/aromatic N) is 2. The Labute approximate surface area is 352 Å². The predicted octanol–water partition coefficient (Wildman–Crippen LogP) is -2.27. The molecule has 9 atom stereocenters. The molecule has 342 valence electrons. The summed E-state index contributed by atoms with van der Waals surface area (Å²) in [5.74, 6) is -12.3. The van der Waals surface area contributed by atoms with Crippen molar-refractivity contribution in [3.05, 3.63) is 0 Å². The molecule has 23 heteroatoms. The lowest BCUT2D eigenvalue weighted by Crippen LogP contribution is -2.60. The lowest BCUT2D eigenvalue weighted by molar-refractivity contribution is -0.145. The van der Waals surface area contributed by atoms with Crippen LogP contribution in [0.2, 0.25) is 0 Å². The summed E-state index contributed by atoms with van der Waals surface area (Å²) in [6.07, 6.45) is -0.611. The van der Waals surface area contributed by atoms with Gasteiger partial charge in [0.15, 0.2) is 0 Å². The highest BCUT2D eigenvalue weighted by atomic mass is 16.4. The Morgan fingerprint density at radius 3 is 1.67 bits per heavy atom. The van der Waals surface area contributed by atoms with Gasteiger partial charge in [0.1, 0.15) is 36.3 Å². The third-order valence-corrected chi connectivity index (χ3v) is 10.9. The highest BCUT2D eigenvalue weighted by Crippen LogP contribution is 2.22. The fourth-order valence-electron chi connectivity index (χ4n) is 7.01. The van der Waals surface area contributed by atoms with Crippen LogP contribution in [0.4, 0.5) is 0 Å². The Hall–Kier alpha value is -5.87. The summed E-state index contributed by atoms with van der Waals surface area (Å²) in [6, 6.07) is -9.29. The van der Waals surface area contributed by atoms with Crippen LogP contribution in [0.15, 0.2) is 0 Å². The molecule has 0 radical (unpaired) electrons. The molecule has 61 heavy (non-hydrogen) atoms. The molecule has 0 unspecified atom stereocenters. The quantitative estimate of drug-likeness (QED) is 0.0463. The molecule has 0 saturated carbocycles. The number of carboxylic acid groups (broad SMARTS) is 4. The Morgan fingerprint density at radius 2 is 1.15 bits per heavy atom. The average Bonchev–Trinajstić information content (AvgIpc) is 3.91. The molecule has 0 aromatic rings. The number of carbonyl (C=O) groups is 11. The molecule has 2 heterocycles. The second-order valence-corrected chi connectivity index (χ2v) is 15.4. The summed E-state index contributed by atoms with van der Waals surface area (Å²) in [7, 11) is 0. The normalized spacial score (nSPS) is 19.5. The van der Waals surface area contributed by atoms with Crippen molar-refractivity contribution in [2.75, 3.05) is 19.6 Å². The SMILES string of the molecule is CC[C@H](C)[C@H](NC(=O)[C@H](CC(=O)O)NC(=O)[C@@H](NC(=O)[C@@H]1CCCN1C(=O)[C@H](CCC(=O)O)NC(=O)CNC(=O)[C@@H]1CCCN1C(=O)[C@@H](N)CCC(=O)O)[C@@H](C)CC)C(=O)O. The first-order valence-corrected chi connectivity index (χ1v) is 20.4. The molecule has 0 aliphatic carbocycles. The summed E-state index contributed by atoms with van der Waals surface area (Å²) in [5, 5.41) is 49.4. The summed E-state index contributed by atoms with van der Waals surface area (Å²) in [5.41, 5.74) is 5.86. The average molecular weight is 869 g/mol. The van der Waals surface area contributed by atoms with Crippen molar-refractivity contribution >= 4 is 65.2 Å². The van der Waals surface area contributed by atoms with Crippen molar-refractivity contribution in [2.24, 2.45) is 17.6 Å². The van der Waals surface area contributed by atoms with Crippen molar-refractivity contribution in [1.82, 2.24) is 36.4 Å². The smallest absolute Gasteiger partial charge is 0.326 e. The second kappa shape index (κ2) is 24.4. The van der Waals surface area contributed by atoms with E-state index in [0.717, 1.165) is 4.90 Å². The van der Waals surface area contributed by atoms with E-state index in [4.69, 9.17) is 10.8 Å². The van der Waals surface area contributed by atoms with Gasteiger partial charge in [0, 0.05) is 25.9 Å². The van der Waals surface area contributed by atoms with E-state index >= 15 is 0 Å². The zero-order chi connectivity index (χ0) is 46.1. The van der Waals surface area contributed by atoms with Gasteiger partial charge in [-0.05, 0) is 50.4 Å². The number of carboxylic acids is 4. The minimum atomic E-state index is -1.72. The lowest BCUT2D eigenvalue weighted by atomic mass is 9.96. The van der Waals surface area contributed by atoms with Crippen LogP contribution in [0.25, 0.3) is 0 Å². The van der Waals surface area contributed by atoms with Crippen LogP contribution in [-0.4, -0.2) is 157 Å². The summed E-state index contributed by atoms with van der Waals surface area (Å²) >= 11 is 0. The lowest BCUT2D eigenvalue weighted by Gasteiger charge is -2.31. The number of aliphatic carboxylic acids is 4. The minimum absolute atomic E-state index is 0.00915. The number of nitrogens with two attached hydrogens (primary N) is 1. The van der Waals surface area contributed by atoms with Crippen molar-refractivity contribution in [2.45, 2.75) is 141 Å². The van der Waals surface area contributed by atoms with Gasteiger partial charge in [0.25, 0.3) is 0 Å². The molecule has 0 aromatic heterocycles.